The summed E-state index contributed by atoms with van der Waals surface area (Å²) >= 11 is 0. The third-order valence-electron chi connectivity index (χ3n) is 4.35. The molecule has 1 amide bonds. The van der Waals surface area contributed by atoms with Gasteiger partial charge in [0.15, 0.2) is 0 Å². The van der Waals surface area contributed by atoms with Crippen LogP contribution in [0, 0.1) is 0 Å². The molecule has 5 heteroatoms. The molecule has 1 N–H and O–H groups in total. The van der Waals surface area contributed by atoms with E-state index in [-0.39, 0.29) is 17.7 Å². The van der Waals surface area contributed by atoms with Crippen LogP contribution in [0.3, 0.4) is 0 Å². The Morgan fingerprint density at radius 3 is 2.60 bits per heavy atom. The Morgan fingerprint density at radius 1 is 1.24 bits per heavy atom. The van der Waals surface area contributed by atoms with Crippen molar-refractivity contribution in [3.05, 3.63) is 59.7 Å². The van der Waals surface area contributed by atoms with Gasteiger partial charge < -0.3 is 9.84 Å². The molecule has 0 radical (unpaired) electrons. The minimum atomic E-state index is -0.280. The summed E-state index contributed by atoms with van der Waals surface area (Å²) in [6, 6.07) is 14.5. The number of rotatable bonds is 5. The number of methoxy groups -OCH3 is 1. The number of para-hydroxylation sites is 1. The number of amides is 1. The number of phenolic OH excluding ortho intramolecular Hbond substituents is 1. The van der Waals surface area contributed by atoms with Crippen LogP contribution in [0.15, 0.2) is 53.6 Å². The first kappa shape index (κ1) is 17.0. The van der Waals surface area contributed by atoms with Crippen molar-refractivity contribution >= 4 is 11.6 Å². The van der Waals surface area contributed by atoms with Crippen molar-refractivity contribution in [2.24, 2.45) is 5.10 Å². The van der Waals surface area contributed by atoms with Crippen LogP contribution in [0.5, 0.6) is 11.5 Å². The van der Waals surface area contributed by atoms with Crippen molar-refractivity contribution in [2.45, 2.75) is 32.2 Å². The number of hydrogen-bond acceptors (Lipinski definition) is 4. The summed E-state index contributed by atoms with van der Waals surface area (Å²) in [6.45, 7) is 1.97. The van der Waals surface area contributed by atoms with Crippen molar-refractivity contribution < 1.29 is 14.6 Å². The lowest BCUT2D eigenvalue weighted by Crippen LogP contribution is -2.26. The fraction of sp³-hybridized carbons (Fsp3) is 0.300. The lowest BCUT2D eigenvalue weighted by atomic mass is 9.97. The maximum atomic E-state index is 12.5. The molecule has 1 heterocycles. The summed E-state index contributed by atoms with van der Waals surface area (Å²) in [5, 5.41) is 16.3. The average molecular weight is 338 g/mol. The summed E-state index contributed by atoms with van der Waals surface area (Å²) in [6.07, 6.45) is 1.76. The van der Waals surface area contributed by atoms with Crippen LogP contribution in [-0.4, -0.2) is 28.8 Å². The molecule has 0 bridgehead atoms. The van der Waals surface area contributed by atoms with Crippen molar-refractivity contribution in [2.75, 3.05) is 7.11 Å². The predicted molar refractivity (Wildman–Crippen MR) is 96.7 cm³/mol. The van der Waals surface area contributed by atoms with Crippen molar-refractivity contribution in [1.82, 2.24) is 5.01 Å². The highest BCUT2D eigenvalue weighted by molar-refractivity contribution is 6.03. The van der Waals surface area contributed by atoms with Crippen molar-refractivity contribution in [3.8, 4) is 11.5 Å². The number of carbonyl (C=O) groups excluding carboxylic acids is 1. The molecule has 130 valence electrons. The highest BCUT2D eigenvalue weighted by Gasteiger charge is 2.33. The van der Waals surface area contributed by atoms with Crippen LogP contribution in [-0.2, 0) is 4.79 Å². The van der Waals surface area contributed by atoms with Gasteiger partial charge in [0.25, 0.3) is 0 Å². The molecule has 0 fully saturated rings. The first-order valence-electron chi connectivity index (χ1n) is 8.46. The van der Waals surface area contributed by atoms with E-state index in [0.717, 1.165) is 29.0 Å². The van der Waals surface area contributed by atoms with E-state index in [4.69, 9.17) is 4.74 Å². The molecule has 0 spiro atoms. The maximum absolute atomic E-state index is 12.5. The number of carbonyl (C=O) groups is 1. The van der Waals surface area contributed by atoms with Crippen LogP contribution in [0.25, 0.3) is 0 Å². The number of nitrogens with zero attached hydrogens (tertiary/aromatic N) is 2. The van der Waals surface area contributed by atoms with E-state index in [1.165, 1.54) is 5.01 Å². The van der Waals surface area contributed by atoms with Gasteiger partial charge in [-0.25, -0.2) is 5.01 Å². The topological polar surface area (TPSA) is 62.1 Å². The van der Waals surface area contributed by atoms with Gasteiger partial charge >= 0.3 is 0 Å². The summed E-state index contributed by atoms with van der Waals surface area (Å²) in [7, 11) is 1.63. The Kier molecular flexibility index (Phi) is 5.03. The number of aromatic hydroxyl groups is 1. The van der Waals surface area contributed by atoms with E-state index in [9.17, 15) is 9.90 Å². The van der Waals surface area contributed by atoms with Crippen LogP contribution in [0.2, 0.25) is 0 Å². The minimum Gasteiger partial charge on any atom is -0.508 e. The number of phenols is 1. The predicted octanol–water partition coefficient (Wildman–Crippen LogP) is 3.88. The monoisotopic (exact) mass is 338 g/mol. The fourth-order valence-corrected chi connectivity index (χ4v) is 3.04. The molecule has 2 aromatic rings. The summed E-state index contributed by atoms with van der Waals surface area (Å²) in [5.41, 5.74) is 2.51. The minimum absolute atomic E-state index is 0.0285. The molecule has 0 saturated heterocycles. The number of hydrogen-bond donors (Lipinski definition) is 1. The van der Waals surface area contributed by atoms with E-state index < -0.39 is 0 Å². The lowest BCUT2D eigenvalue weighted by Gasteiger charge is -2.22. The summed E-state index contributed by atoms with van der Waals surface area (Å²) in [4.78, 5) is 12.5. The van der Waals surface area contributed by atoms with Gasteiger partial charge in [-0.3, -0.25) is 4.79 Å². The van der Waals surface area contributed by atoms with Crippen LogP contribution >= 0.6 is 0 Å². The highest BCUT2D eigenvalue weighted by Crippen LogP contribution is 2.37. The standard InChI is InChI=1S/C20H22N2O3/c1-3-6-20(24)22-18(16-7-4-5-8-19(16)23)13-17(21-22)14-9-11-15(25-2)12-10-14/h4-5,7-12,18,23H,3,6,13H2,1-2H3/t18-/m1/s1. The van der Waals surface area contributed by atoms with E-state index in [2.05, 4.69) is 5.10 Å². The fourth-order valence-electron chi connectivity index (χ4n) is 3.04. The Hall–Kier alpha value is -2.82. The zero-order valence-electron chi connectivity index (χ0n) is 14.5. The van der Waals surface area contributed by atoms with Gasteiger partial charge in [-0.05, 0) is 42.3 Å². The number of ether oxygens (including phenoxy) is 1. The van der Waals surface area contributed by atoms with E-state index in [0.29, 0.717) is 12.8 Å². The molecular weight excluding hydrogens is 316 g/mol. The van der Waals surface area contributed by atoms with Gasteiger partial charge in [0.05, 0.1) is 18.9 Å². The zero-order chi connectivity index (χ0) is 17.8. The molecule has 25 heavy (non-hydrogen) atoms. The third kappa shape index (κ3) is 3.50. The lowest BCUT2D eigenvalue weighted by molar-refractivity contribution is -0.133. The summed E-state index contributed by atoms with van der Waals surface area (Å²) in [5.74, 6) is 0.936. The normalized spacial score (nSPS) is 16.6. The second kappa shape index (κ2) is 7.38. The molecule has 2 aromatic carbocycles. The molecule has 5 nitrogen and oxygen atoms in total. The molecule has 0 saturated carbocycles. The van der Waals surface area contributed by atoms with Crippen molar-refractivity contribution in [1.29, 1.82) is 0 Å². The molecule has 0 aliphatic carbocycles. The Bertz CT molecular complexity index is 784. The maximum Gasteiger partial charge on any atom is 0.243 e. The quantitative estimate of drug-likeness (QED) is 0.900. The van der Waals surface area contributed by atoms with Gasteiger partial charge in [-0.2, -0.15) is 5.10 Å². The van der Waals surface area contributed by atoms with Crippen molar-refractivity contribution in [3.63, 3.8) is 0 Å². The van der Waals surface area contributed by atoms with Gasteiger partial charge in [0, 0.05) is 18.4 Å². The van der Waals surface area contributed by atoms with Crippen LogP contribution < -0.4 is 4.74 Å². The molecule has 1 aliphatic rings. The van der Waals surface area contributed by atoms with E-state index in [1.807, 2.05) is 43.3 Å². The largest absolute Gasteiger partial charge is 0.508 e. The Morgan fingerprint density at radius 2 is 1.96 bits per heavy atom. The zero-order valence-corrected chi connectivity index (χ0v) is 14.5. The van der Waals surface area contributed by atoms with Crippen LogP contribution in [0.4, 0.5) is 0 Å². The molecule has 1 atom stereocenters. The highest BCUT2D eigenvalue weighted by atomic mass is 16.5. The van der Waals surface area contributed by atoms with E-state index in [1.54, 1.807) is 19.2 Å². The molecule has 3 rings (SSSR count). The van der Waals surface area contributed by atoms with Gasteiger partial charge in [-0.15, -0.1) is 0 Å². The first-order chi connectivity index (χ1) is 12.1. The Labute approximate surface area is 147 Å². The number of hydrazone groups is 1. The Balaban J connectivity index is 1.94. The molecule has 0 unspecified atom stereocenters. The van der Waals surface area contributed by atoms with E-state index >= 15 is 0 Å². The van der Waals surface area contributed by atoms with Crippen LogP contribution in [0.1, 0.15) is 43.4 Å². The second-order valence-corrected chi connectivity index (χ2v) is 6.04. The SMILES string of the molecule is CCCC(=O)N1N=C(c2ccc(OC)cc2)C[C@@H]1c1ccccc1O. The molecule has 0 aromatic heterocycles. The van der Waals surface area contributed by atoms with Gasteiger partial charge in [0.1, 0.15) is 11.5 Å². The smallest absolute Gasteiger partial charge is 0.243 e. The summed E-state index contributed by atoms with van der Waals surface area (Å²) < 4.78 is 5.19. The second-order valence-electron chi connectivity index (χ2n) is 6.04. The van der Waals surface area contributed by atoms with Gasteiger partial charge in [-0.1, -0.05) is 25.1 Å². The molecular formula is C20H22N2O3. The van der Waals surface area contributed by atoms with Gasteiger partial charge in [0.2, 0.25) is 5.91 Å². The average Bonchev–Trinajstić information content (AvgIpc) is 3.07. The third-order valence-corrected chi connectivity index (χ3v) is 4.35. The number of benzene rings is 2. The molecule has 1 aliphatic heterocycles. The first-order valence-corrected chi connectivity index (χ1v) is 8.46.